The van der Waals surface area contributed by atoms with Crippen LogP contribution in [0.4, 0.5) is 0 Å². The van der Waals surface area contributed by atoms with Gasteiger partial charge in [-0.3, -0.25) is 9.69 Å². The average Bonchev–Trinajstić information content (AvgIpc) is 2.56. The summed E-state index contributed by atoms with van der Waals surface area (Å²) in [6, 6.07) is 0. The second-order valence-corrected chi connectivity index (χ2v) is 4.37. The molecule has 0 bridgehead atoms. The Morgan fingerprint density at radius 1 is 1.53 bits per heavy atom. The zero-order valence-corrected chi connectivity index (χ0v) is 9.66. The number of aliphatic carboxylic acids is 1. The third-order valence-corrected chi connectivity index (χ3v) is 3.28. The lowest BCUT2D eigenvalue weighted by Gasteiger charge is -2.31. The third kappa shape index (κ3) is 2.92. The van der Waals surface area contributed by atoms with Gasteiger partial charge in [0.1, 0.15) is 5.54 Å². The standard InChI is InChI=1S/C11H21NO3/c1-11(10(13)14)6-5-8-12(11)7-3-4-9-15-2/h3-9H2,1-2H3,(H,13,14). The van der Waals surface area contributed by atoms with Crippen molar-refractivity contribution < 1.29 is 14.6 Å². The second-order valence-electron chi connectivity index (χ2n) is 4.37. The lowest BCUT2D eigenvalue weighted by atomic mass is 9.99. The molecule has 1 aliphatic rings. The van der Waals surface area contributed by atoms with Gasteiger partial charge in [-0.1, -0.05) is 0 Å². The van der Waals surface area contributed by atoms with Gasteiger partial charge in [0.15, 0.2) is 0 Å². The number of rotatable bonds is 6. The summed E-state index contributed by atoms with van der Waals surface area (Å²) in [4.78, 5) is 13.2. The number of carboxylic acid groups (broad SMARTS) is 1. The van der Waals surface area contributed by atoms with Crippen molar-refractivity contribution in [3.8, 4) is 0 Å². The lowest BCUT2D eigenvalue weighted by Crippen LogP contribution is -2.48. The number of nitrogens with zero attached hydrogens (tertiary/aromatic N) is 1. The monoisotopic (exact) mass is 215 g/mol. The van der Waals surface area contributed by atoms with Crippen LogP contribution in [0.2, 0.25) is 0 Å². The second kappa shape index (κ2) is 5.47. The van der Waals surface area contributed by atoms with Gasteiger partial charge in [-0.25, -0.2) is 0 Å². The van der Waals surface area contributed by atoms with Crippen LogP contribution >= 0.6 is 0 Å². The number of hydrogen-bond donors (Lipinski definition) is 1. The van der Waals surface area contributed by atoms with Crippen molar-refractivity contribution in [3.05, 3.63) is 0 Å². The maximum atomic E-state index is 11.2. The van der Waals surface area contributed by atoms with Crippen molar-refractivity contribution in [1.29, 1.82) is 0 Å². The summed E-state index contributed by atoms with van der Waals surface area (Å²) in [7, 11) is 1.69. The molecule has 0 aromatic heterocycles. The molecule has 0 amide bonds. The first kappa shape index (κ1) is 12.5. The smallest absolute Gasteiger partial charge is 0.323 e. The number of carbonyl (C=O) groups is 1. The molecule has 0 saturated carbocycles. The Hall–Kier alpha value is -0.610. The van der Waals surface area contributed by atoms with Crippen LogP contribution in [0.25, 0.3) is 0 Å². The molecule has 0 aromatic rings. The van der Waals surface area contributed by atoms with Crippen LogP contribution in [-0.2, 0) is 9.53 Å². The Bertz CT molecular complexity index is 220. The molecule has 1 N–H and O–H groups in total. The largest absolute Gasteiger partial charge is 0.480 e. The maximum Gasteiger partial charge on any atom is 0.323 e. The van der Waals surface area contributed by atoms with E-state index < -0.39 is 11.5 Å². The summed E-state index contributed by atoms with van der Waals surface area (Å²) >= 11 is 0. The van der Waals surface area contributed by atoms with Crippen molar-refractivity contribution in [2.45, 2.75) is 38.1 Å². The summed E-state index contributed by atoms with van der Waals surface area (Å²) in [5.41, 5.74) is -0.632. The van der Waals surface area contributed by atoms with E-state index >= 15 is 0 Å². The Balaban J connectivity index is 2.37. The highest BCUT2D eigenvalue weighted by Gasteiger charge is 2.42. The molecule has 0 aromatic carbocycles. The van der Waals surface area contributed by atoms with Crippen LogP contribution in [0.15, 0.2) is 0 Å². The highest BCUT2D eigenvalue weighted by atomic mass is 16.5. The van der Waals surface area contributed by atoms with E-state index in [0.717, 1.165) is 45.4 Å². The van der Waals surface area contributed by atoms with E-state index in [1.54, 1.807) is 7.11 Å². The molecule has 15 heavy (non-hydrogen) atoms. The average molecular weight is 215 g/mol. The highest BCUT2D eigenvalue weighted by Crippen LogP contribution is 2.29. The summed E-state index contributed by atoms with van der Waals surface area (Å²) in [5, 5.41) is 9.18. The number of hydrogen-bond acceptors (Lipinski definition) is 3. The summed E-state index contributed by atoms with van der Waals surface area (Å²) in [6.45, 7) is 4.37. The molecular formula is C11H21NO3. The quantitative estimate of drug-likeness (QED) is 0.679. The molecule has 0 aliphatic carbocycles. The Kier molecular flexibility index (Phi) is 4.54. The van der Waals surface area contributed by atoms with Crippen LogP contribution in [0.5, 0.6) is 0 Å². The fourth-order valence-electron chi connectivity index (χ4n) is 2.17. The van der Waals surface area contributed by atoms with E-state index in [2.05, 4.69) is 4.90 Å². The van der Waals surface area contributed by atoms with Crippen LogP contribution in [-0.4, -0.2) is 48.3 Å². The molecule has 1 atom stereocenters. The van der Waals surface area contributed by atoms with Gasteiger partial charge in [-0.05, 0) is 45.7 Å². The molecule has 4 heteroatoms. The molecule has 1 aliphatic heterocycles. The van der Waals surface area contributed by atoms with Gasteiger partial charge in [-0.2, -0.15) is 0 Å². The summed E-state index contributed by atoms with van der Waals surface area (Å²) in [5.74, 6) is -0.688. The van der Waals surface area contributed by atoms with Gasteiger partial charge in [0.25, 0.3) is 0 Å². The van der Waals surface area contributed by atoms with Gasteiger partial charge in [0, 0.05) is 13.7 Å². The molecule has 88 valence electrons. The van der Waals surface area contributed by atoms with E-state index in [1.165, 1.54) is 0 Å². The Labute approximate surface area is 91.2 Å². The minimum absolute atomic E-state index is 0.632. The van der Waals surface area contributed by atoms with Crippen molar-refractivity contribution in [2.24, 2.45) is 0 Å². The van der Waals surface area contributed by atoms with Gasteiger partial charge < -0.3 is 9.84 Å². The van der Waals surface area contributed by atoms with Crippen molar-refractivity contribution in [1.82, 2.24) is 4.90 Å². The van der Waals surface area contributed by atoms with Crippen molar-refractivity contribution in [3.63, 3.8) is 0 Å². The summed E-state index contributed by atoms with van der Waals surface area (Å²) in [6.07, 6.45) is 3.78. The Morgan fingerprint density at radius 2 is 2.27 bits per heavy atom. The van der Waals surface area contributed by atoms with E-state index in [4.69, 9.17) is 4.74 Å². The van der Waals surface area contributed by atoms with Crippen LogP contribution in [0.3, 0.4) is 0 Å². The van der Waals surface area contributed by atoms with Gasteiger partial charge in [0.05, 0.1) is 0 Å². The zero-order chi connectivity index (χ0) is 11.3. The Morgan fingerprint density at radius 3 is 2.87 bits per heavy atom. The highest BCUT2D eigenvalue weighted by molar-refractivity contribution is 5.78. The van der Waals surface area contributed by atoms with Crippen LogP contribution in [0.1, 0.15) is 32.6 Å². The maximum absolute atomic E-state index is 11.2. The molecule has 1 saturated heterocycles. The number of ether oxygens (including phenoxy) is 1. The number of unbranched alkanes of at least 4 members (excludes halogenated alkanes) is 1. The van der Waals surface area contributed by atoms with Gasteiger partial charge >= 0.3 is 5.97 Å². The molecule has 1 unspecified atom stereocenters. The fraction of sp³-hybridized carbons (Fsp3) is 0.909. The molecule has 0 spiro atoms. The van der Waals surface area contributed by atoms with E-state index in [0.29, 0.717) is 0 Å². The molecular weight excluding hydrogens is 194 g/mol. The fourth-order valence-corrected chi connectivity index (χ4v) is 2.17. The van der Waals surface area contributed by atoms with Gasteiger partial charge in [0.2, 0.25) is 0 Å². The first-order valence-corrected chi connectivity index (χ1v) is 5.58. The number of carboxylic acids is 1. The predicted molar refractivity (Wildman–Crippen MR) is 58.0 cm³/mol. The zero-order valence-electron chi connectivity index (χ0n) is 9.66. The number of likely N-dealkylation sites (tertiary alicyclic amines) is 1. The van der Waals surface area contributed by atoms with E-state index in [-0.39, 0.29) is 0 Å². The first-order chi connectivity index (χ1) is 7.11. The molecule has 4 nitrogen and oxygen atoms in total. The molecule has 0 radical (unpaired) electrons. The first-order valence-electron chi connectivity index (χ1n) is 5.58. The SMILES string of the molecule is COCCCCN1CCCC1(C)C(=O)O. The molecule has 1 fully saturated rings. The van der Waals surface area contributed by atoms with Crippen LogP contribution < -0.4 is 0 Å². The minimum Gasteiger partial charge on any atom is -0.480 e. The van der Waals surface area contributed by atoms with Gasteiger partial charge in [-0.15, -0.1) is 0 Å². The normalized spacial score (nSPS) is 27.1. The predicted octanol–water partition coefficient (Wildman–Crippen LogP) is 1.35. The lowest BCUT2D eigenvalue weighted by molar-refractivity contribution is -0.148. The number of methoxy groups -OCH3 is 1. The van der Waals surface area contributed by atoms with E-state index in [1.807, 2.05) is 6.92 Å². The molecule has 1 rings (SSSR count). The van der Waals surface area contributed by atoms with Crippen molar-refractivity contribution in [2.75, 3.05) is 26.8 Å². The van der Waals surface area contributed by atoms with E-state index in [9.17, 15) is 9.90 Å². The molecule has 1 heterocycles. The van der Waals surface area contributed by atoms with Crippen molar-refractivity contribution >= 4 is 5.97 Å². The van der Waals surface area contributed by atoms with Crippen LogP contribution in [0, 0.1) is 0 Å². The topological polar surface area (TPSA) is 49.8 Å². The third-order valence-electron chi connectivity index (χ3n) is 3.28. The summed E-state index contributed by atoms with van der Waals surface area (Å²) < 4.78 is 4.97. The minimum atomic E-state index is -0.688.